The topological polar surface area (TPSA) is 44.6 Å². The minimum absolute atomic E-state index is 0.0787. The zero-order valence-corrected chi connectivity index (χ0v) is 4.83. The second-order valence-corrected chi connectivity index (χ2v) is 1.98. The van der Waals surface area contributed by atoms with E-state index in [0.717, 1.165) is 0 Å². The van der Waals surface area contributed by atoms with E-state index in [1.54, 1.807) is 6.34 Å². The fraction of sp³-hybridized carbons (Fsp3) is 0.800. The van der Waals surface area contributed by atoms with Gasteiger partial charge in [0.25, 0.3) is 0 Å². The lowest BCUT2D eigenvalue weighted by Gasteiger charge is -2.08. The van der Waals surface area contributed by atoms with Crippen molar-refractivity contribution in [2.45, 2.75) is 19.0 Å². The third kappa shape index (κ3) is 0.816. The summed E-state index contributed by atoms with van der Waals surface area (Å²) in [5.74, 6) is 0. The highest BCUT2D eigenvalue weighted by atomic mass is 16.3. The summed E-state index contributed by atoms with van der Waals surface area (Å²) in [4.78, 5) is 3.95. The van der Waals surface area contributed by atoms with Crippen molar-refractivity contribution in [3.63, 3.8) is 0 Å². The molecule has 1 aliphatic rings. The number of aliphatic hydroxyl groups excluding tert-OH is 1. The van der Waals surface area contributed by atoms with E-state index in [-0.39, 0.29) is 12.6 Å². The minimum atomic E-state index is 0.0787. The van der Waals surface area contributed by atoms with E-state index < -0.39 is 0 Å². The molecule has 0 fully saturated rings. The van der Waals surface area contributed by atoms with Crippen molar-refractivity contribution in [3.8, 4) is 0 Å². The van der Waals surface area contributed by atoms with Gasteiger partial charge in [-0.05, 0) is 6.92 Å². The molecule has 1 rings (SSSR count). The number of aliphatic imine (C=N–C) groups is 1. The molecule has 0 amide bonds. The summed E-state index contributed by atoms with van der Waals surface area (Å²) in [6, 6.07) is 0.384. The van der Waals surface area contributed by atoms with Crippen LogP contribution >= 0.6 is 0 Å². The largest absolute Gasteiger partial charge is 0.394 e. The molecular formula is C5H10N2O. The van der Waals surface area contributed by atoms with E-state index >= 15 is 0 Å². The molecule has 3 heteroatoms. The first kappa shape index (κ1) is 5.56. The van der Waals surface area contributed by atoms with Crippen LogP contribution in [0.5, 0.6) is 0 Å². The smallest absolute Gasteiger partial charge is 0.0945 e. The third-order valence-electron chi connectivity index (χ3n) is 1.37. The normalized spacial score (nSPS) is 35.2. The second kappa shape index (κ2) is 2.13. The van der Waals surface area contributed by atoms with Crippen molar-refractivity contribution in [1.29, 1.82) is 0 Å². The van der Waals surface area contributed by atoms with E-state index in [1.807, 2.05) is 6.92 Å². The quantitative estimate of drug-likeness (QED) is 0.476. The standard InChI is InChI=1S/C5H10N2O/c1-4-5(2-8)7-3-6-4/h3-5,8H,2H2,1H3,(H,6,7)/t4-,5-/m1/s1. The maximum Gasteiger partial charge on any atom is 0.0945 e. The van der Waals surface area contributed by atoms with Gasteiger partial charge in [0, 0.05) is 6.04 Å². The van der Waals surface area contributed by atoms with Crippen LogP contribution in [0.1, 0.15) is 6.92 Å². The molecule has 2 N–H and O–H groups in total. The lowest BCUT2D eigenvalue weighted by molar-refractivity contribution is 0.256. The first-order valence-electron chi connectivity index (χ1n) is 2.73. The highest BCUT2D eigenvalue weighted by Gasteiger charge is 2.16. The van der Waals surface area contributed by atoms with Gasteiger partial charge < -0.3 is 10.4 Å². The fourth-order valence-corrected chi connectivity index (χ4v) is 0.702. The van der Waals surface area contributed by atoms with Crippen molar-refractivity contribution < 1.29 is 5.11 Å². The molecule has 0 unspecified atom stereocenters. The van der Waals surface area contributed by atoms with Gasteiger partial charge in [-0.3, -0.25) is 4.99 Å². The maximum absolute atomic E-state index is 8.58. The van der Waals surface area contributed by atoms with E-state index in [2.05, 4.69) is 10.3 Å². The zero-order chi connectivity index (χ0) is 5.98. The summed E-state index contributed by atoms with van der Waals surface area (Å²) in [5.41, 5.74) is 0. The number of aliphatic hydroxyl groups is 1. The Morgan fingerprint density at radius 1 is 1.88 bits per heavy atom. The number of nitrogens with one attached hydrogen (secondary N) is 1. The van der Waals surface area contributed by atoms with Gasteiger partial charge in [-0.1, -0.05) is 0 Å². The molecule has 3 nitrogen and oxygen atoms in total. The van der Waals surface area contributed by atoms with Gasteiger partial charge in [0.15, 0.2) is 0 Å². The third-order valence-corrected chi connectivity index (χ3v) is 1.37. The lowest BCUT2D eigenvalue weighted by atomic mass is 10.2. The predicted octanol–water partition coefficient (Wildman–Crippen LogP) is -0.633. The molecule has 0 aliphatic carbocycles. The monoisotopic (exact) mass is 114 g/mol. The van der Waals surface area contributed by atoms with Crippen LogP contribution in [0.3, 0.4) is 0 Å². The van der Waals surface area contributed by atoms with Crippen LogP contribution in [0.15, 0.2) is 4.99 Å². The molecule has 0 radical (unpaired) electrons. The first-order valence-corrected chi connectivity index (χ1v) is 2.73. The van der Waals surface area contributed by atoms with E-state index in [4.69, 9.17) is 5.11 Å². The number of hydrogen-bond acceptors (Lipinski definition) is 3. The molecule has 0 saturated heterocycles. The number of hydrogen-bond donors (Lipinski definition) is 2. The predicted molar refractivity (Wildman–Crippen MR) is 32.0 cm³/mol. The summed E-state index contributed by atoms with van der Waals surface area (Å²) in [6.45, 7) is 2.14. The summed E-state index contributed by atoms with van der Waals surface area (Å²) >= 11 is 0. The van der Waals surface area contributed by atoms with Gasteiger partial charge in [-0.2, -0.15) is 0 Å². The van der Waals surface area contributed by atoms with E-state index in [1.165, 1.54) is 0 Å². The summed E-state index contributed by atoms with van der Waals surface area (Å²) in [7, 11) is 0. The van der Waals surface area contributed by atoms with Crippen LogP contribution in [0.25, 0.3) is 0 Å². The van der Waals surface area contributed by atoms with Crippen LogP contribution < -0.4 is 5.32 Å². The van der Waals surface area contributed by atoms with Crippen LogP contribution in [0.4, 0.5) is 0 Å². The van der Waals surface area contributed by atoms with Crippen LogP contribution in [-0.4, -0.2) is 30.1 Å². The summed E-state index contributed by atoms with van der Waals surface area (Å²) in [6.07, 6.45) is 1.64. The Morgan fingerprint density at radius 2 is 2.62 bits per heavy atom. The molecule has 0 spiro atoms. The first-order chi connectivity index (χ1) is 3.84. The molecule has 46 valence electrons. The molecule has 0 bridgehead atoms. The second-order valence-electron chi connectivity index (χ2n) is 1.98. The molecule has 0 aromatic carbocycles. The van der Waals surface area contributed by atoms with Gasteiger partial charge in [0.2, 0.25) is 0 Å². The van der Waals surface area contributed by atoms with Crippen molar-refractivity contribution in [3.05, 3.63) is 0 Å². The highest BCUT2D eigenvalue weighted by molar-refractivity contribution is 5.58. The Bertz CT molecular complexity index is 103. The fourth-order valence-electron chi connectivity index (χ4n) is 0.702. The van der Waals surface area contributed by atoms with Crippen LogP contribution in [0, 0.1) is 0 Å². The minimum Gasteiger partial charge on any atom is -0.394 e. The van der Waals surface area contributed by atoms with Gasteiger partial charge >= 0.3 is 0 Å². The zero-order valence-electron chi connectivity index (χ0n) is 4.83. The average Bonchev–Trinajstić information content (AvgIpc) is 2.14. The van der Waals surface area contributed by atoms with Crippen molar-refractivity contribution in [2.75, 3.05) is 6.61 Å². The molecule has 2 atom stereocenters. The molecule has 0 saturated carbocycles. The molecule has 0 aromatic heterocycles. The highest BCUT2D eigenvalue weighted by Crippen LogP contribution is 2.00. The molecule has 1 aliphatic heterocycles. The van der Waals surface area contributed by atoms with Crippen molar-refractivity contribution >= 4 is 6.34 Å². The number of nitrogens with zero attached hydrogens (tertiary/aromatic N) is 1. The van der Waals surface area contributed by atoms with Crippen molar-refractivity contribution in [2.24, 2.45) is 4.99 Å². The van der Waals surface area contributed by atoms with Gasteiger partial charge in [0.05, 0.1) is 19.0 Å². The Labute approximate surface area is 48.4 Å². The number of rotatable bonds is 1. The van der Waals surface area contributed by atoms with Gasteiger partial charge in [-0.25, -0.2) is 0 Å². The van der Waals surface area contributed by atoms with Crippen LogP contribution in [0.2, 0.25) is 0 Å². The van der Waals surface area contributed by atoms with E-state index in [0.29, 0.717) is 6.04 Å². The van der Waals surface area contributed by atoms with Crippen molar-refractivity contribution in [1.82, 2.24) is 5.32 Å². The molecule has 1 heterocycles. The molecule has 0 aromatic rings. The summed E-state index contributed by atoms with van der Waals surface area (Å²) < 4.78 is 0. The lowest BCUT2D eigenvalue weighted by Crippen LogP contribution is -2.30. The van der Waals surface area contributed by atoms with Crippen LogP contribution in [-0.2, 0) is 0 Å². The maximum atomic E-state index is 8.58. The Morgan fingerprint density at radius 3 is 2.88 bits per heavy atom. The Kier molecular flexibility index (Phi) is 1.48. The average molecular weight is 114 g/mol. The van der Waals surface area contributed by atoms with Gasteiger partial charge in [0.1, 0.15) is 0 Å². The SMILES string of the molecule is C[C@H]1NC=N[C@@H]1CO. The van der Waals surface area contributed by atoms with Gasteiger partial charge in [-0.15, -0.1) is 0 Å². The summed E-state index contributed by atoms with van der Waals surface area (Å²) in [5, 5.41) is 11.6. The molecule has 8 heavy (non-hydrogen) atoms. The Balaban J connectivity index is 2.41. The Hall–Kier alpha value is -0.570. The van der Waals surface area contributed by atoms with E-state index in [9.17, 15) is 0 Å². The molecular weight excluding hydrogens is 104 g/mol.